The van der Waals surface area contributed by atoms with Crippen molar-refractivity contribution in [1.82, 2.24) is 0 Å². The first-order valence-corrected chi connectivity index (χ1v) is 3.68. The van der Waals surface area contributed by atoms with E-state index in [4.69, 9.17) is 11.6 Å². The van der Waals surface area contributed by atoms with E-state index in [9.17, 15) is 4.79 Å². The van der Waals surface area contributed by atoms with Crippen molar-refractivity contribution in [3.63, 3.8) is 0 Å². The molecule has 3 heteroatoms. The average Bonchev–Trinajstić information content (AvgIpc) is 2.08. The van der Waals surface area contributed by atoms with Gasteiger partial charge in [0.25, 0.3) is 6.47 Å². The number of carbonyl (C=O) groups is 1. The molecule has 1 aromatic rings. The van der Waals surface area contributed by atoms with E-state index >= 15 is 0 Å². The molecule has 2 nitrogen and oxygen atoms in total. The van der Waals surface area contributed by atoms with Crippen LogP contribution in [0.4, 0.5) is 0 Å². The van der Waals surface area contributed by atoms with Crippen LogP contribution in [0.1, 0.15) is 5.56 Å². The zero-order valence-electron chi connectivity index (χ0n) is 6.29. The molecule has 0 spiro atoms. The Hall–Kier alpha value is -1.28. The van der Waals surface area contributed by atoms with E-state index in [0.29, 0.717) is 22.8 Å². The van der Waals surface area contributed by atoms with Crippen LogP contribution in [0.5, 0.6) is 5.75 Å². The molecule has 0 amide bonds. The number of benzene rings is 1. The van der Waals surface area contributed by atoms with Crippen molar-refractivity contribution >= 4 is 24.1 Å². The van der Waals surface area contributed by atoms with Gasteiger partial charge in [-0.2, -0.15) is 0 Å². The number of ether oxygens (including phenoxy) is 1. The maximum Gasteiger partial charge on any atom is 0.298 e. The highest BCUT2D eigenvalue weighted by Gasteiger charge is 1.99. The van der Waals surface area contributed by atoms with Gasteiger partial charge < -0.3 is 4.74 Å². The van der Waals surface area contributed by atoms with E-state index in [1.165, 1.54) is 0 Å². The molecule has 0 atom stereocenters. The lowest BCUT2D eigenvalue weighted by Gasteiger charge is -2.02. The molecule has 12 heavy (non-hydrogen) atoms. The van der Waals surface area contributed by atoms with E-state index in [1.54, 1.807) is 24.3 Å². The van der Waals surface area contributed by atoms with Gasteiger partial charge in [0.1, 0.15) is 5.75 Å². The number of carbonyl (C=O) groups excluding carboxylic acids is 1. The van der Waals surface area contributed by atoms with Gasteiger partial charge in [-0.15, -0.1) is 0 Å². The Labute approximate surface area is 75.4 Å². The third-order valence-corrected chi connectivity index (χ3v) is 1.60. The summed E-state index contributed by atoms with van der Waals surface area (Å²) in [7, 11) is 0. The summed E-state index contributed by atoms with van der Waals surface area (Å²) < 4.78 is 4.67. The van der Waals surface area contributed by atoms with Gasteiger partial charge in [0.2, 0.25) is 0 Å². The van der Waals surface area contributed by atoms with Crippen molar-refractivity contribution in [3.8, 4) is 5.75 Å². The van der Waals surface area contributed by atoms with E-state index in [0.717, 1.165) is 0 Å². The molecular weight excluding hydrogens is 176 g/mol. The molecule has 1 rings (SSSR count). The van der Waals surface area contributed by atoms with E-state index < -0.39 is 0 Å². The normalized spacial score (nSPS) is 9.08. The first-order valence-electron chi connectivity index (χ1n) is 3.30. The summed E-state index contributed by atoms with van der Waals surface area (Å²) in [6.45, 7) is 3.93. The summed E-state index contributed by atoms with van der Waals surface area (Å²) in [6.07, 6.45) is 1.57. The van der Waals surface area contributed by atoms with Crippen molar-refractivity contribution in [2.24, 2.45) is 0 Å². The summed E-state index contributed by atoms with van der Waals surface area (Å²) in [6, 6.07) is 4.94. The Kier molecular flexibility index (Phi) is 2.88. The SMILES string of the molecule is C=Cc1cc(Cl)ccc1OC=O. The minimum absolute atomic E-state index is 0.371. The Balaban J connectivity index is 3.10. The highest BCUT2D eigenvalue weighted by molar-refractivity contribution is 6.30. The van der Waals surface area contributed by atoms with Gasteiger partial charge in [-0.25, -0.2) is 0 Å². The highest BCUT2D eigenvalue weighted by Crippen LogP contribution is 2.23. The van der Waals surface area contributed by atoms with Crippen molar-refractivity contribution in [1.29, 1.82) is 0 Å². The quantitative estimate of drug-likeness (QED) is 0.672. The highest BCUT2D eigenvalue weighted by atomic mass is 35.5. The minimum Gasteiger partial charge on any atom is -0.428 e. The van der Waals surface area contributed by atoms with Gasteiger partial charge >= 0.3 is 0 Å². The van der Waals surface area contributed by atoms with Crippen LogP contribution in [-0.2, 0) is 4.79 Å². The number of halogens is 1. The molecule has 0 aliphatic carbocycles. The zero-order chi connectivity index (χ0) is 8.97. The molecule has 0 saturated carbocycles. The standard InChI is InChI=1S/C9H7ClO2/c1-2-7-5-8(10)3-4-9(7)12-6-11/h2-6H,1H2. The lowest BCUT2D eigenvalue weighted by Crippen LogP contribution is -1.90. The maximum absolute atomic E-state index is 10.0. The van der Waals surface area contributed by atoms with Crippen LogP contribution < -0.4 is 4.74 Å². The lowest BCUT2D eigenvalue weighted by molar-refractivity contribution is -0.120. The Morgan fingerprint density at radius 3 is 2.83 bits per heavy atom. The summed E-state index contributed by atoms with van der Waals surface area (Å²) in [5.74, 6) is 0.462. The predicted molar refractivity (Wildman–Crippen MR) is 48.2 cm³/mol. The molecule has 0 fully saturated rings. The van der Waals surface area contributed by atoms with E-state index in [-0.39, 0.29) is 0 Å². The fourth-order valence-corrected chi connectivity index (χ4v) is 1.02. The van der Waals surface area contributed by atoms with Crippen molar-refractivity contribution in [2.75, 3.05) is 0 Å². The number of hydrogen-bond acceptors (Lipinski definition) is 2. The van der Waals surface area contributed by atoms with Crippen molar-refractivity contribution in [3.05, 3.63) is 35.4 Å². The summed E-state index contributed by atoms with van der Waals surface area (Å²) >= 11 is 5.70. The van der Waals surface area contributed by atoms with Gasteiger partial charge in [0, 0.05) is 10.6 Å². The molecule has 0 N–H and O–H groups in total. The lowest BCUT2D eigenvalue weighted by atomic mass is 10.2. The largest absolute Gasteiger partial charge is 0.428 e. The molecule has 0 aliphatic rings. The smallest absolute Gasteiger partial charge is 0.298 e. The second-order valence-electron chi connectivity index (χ2n) is 2.10. The van der Waals surface area contributed by atoms with Crippen LogP contribution in [0.25, 0.3) is 6.08 Å². The Bertz CT molecular complexity index is 307. The van der Waals surface area contributed by atoms with Crippen LogP contribution >= 0.6 is 11.6 Å². The Morgan fingerprint density at radius 1 is 1.50 bits per heavy atom. The molecule has 0 heterocycles. The molecule has 0 aliphatic heterocycles. The maximum atomic E-state index is 10.0. The number of hydrogen-bond donors (Lipinski definition) is 0. The minimum atomic E-state index is 0.371. The summed E-state index contributed by atoms with van der Waals surface area (Å²) in [5.41, 5.74) is 0.703. The monoisotopic (exact) mass is 182 g/mol. The summed E-state index contributed by atoms with van der Waals surface area (Å²) in [5, 5.41) is 0.586. The third-order valence-electron chi connectivity index (χ3n) is 1.37. The zero-order valence-corrected chi connectivity index (χ0v) is 7.04. The average molecular weight is 183 g/mol. The fourth-order valence-electron chi connectivity index (χ4n) is 0.838. The van der Waals surface area contributed by atoms with Gasteiger partial charge in [0.05, 0.1) is 0 Å². The third kappa shape index (κ3) is 1.86. The first kappa shape index (κ1) is 8.81. The van der Waals surface area contributed by atoms with Gasteiger partial charge in [0.15, 0.2) is 0 Å². The first-order chi connectivity index (χ1) is 5.77. The molecule has 0 aromatic heterocycles. The second kappa shape index (κ2) is 3.93. The van der Waals surface area contributed by atoms with E-state index in [1.807, 2.05) is 0 Å². The van der Waals surface area contributed by atoms with Gasteiger partial charge in [-0.05, 0) is 18.2 Å². The molecule has 62 valence electrons. The molecule has 1 aromatic carbocycles. The fraction of sp³-hybridized carbons (Fsp3) is 0. The molecule has 0 radical (unpaired) electrons. The van der Waals surface area contributed by atoms with Crippen LogP contribution in [-0.4, -0.2) is 6.47 Å². The molecular formula is C9H7ClO2. The van der Waals surface area contributed by atoms with Crippen LogP contribution in [0, 0.1) is 0 Å². The topological polar surface area (TPSA) is 26.3 Å². The van der Waals surface area contributed by atoms with Gasteiger partial charge in [-0.1, -0.05) is 24.3 Å². The van der Waals surface area contributed by atoms with Crippen LogP contribution in [0.3, 0.4) is 0 Å². The molecule has 0 bridgehead atoms. The second-order valence-corrected chi connectivity index (χ2v) is 2.54. The van der Waals surface area contributed by atoms with Crippen LogP contribution in [0.15, 0.2) is 24.8 Å². The van der Waals surface area contributed by atoms with Crippen molar-refractivity contribution < 1.29 is 9.53 Å². The Morgan fingerprint density at radius 2 is 2.25 bits per heavy atom. The van der Waals surface area contributed by atoms with E-state index in [2.05, 4.69) is 11.3 Å². The predicted octanol–water partition coefficient (Wildman–Crippen LogP) is 2.52. The number of rotatable bonds is 3. The molecule has 0 saturated heterocycles. The molecule has 0 unspecified atom stereocenters. The summed E-state index contributed by atoms with van der Waals surface area (Å²) in [4.78, 5) is 10.0. The van der Waals surface area contributed by atoms with Gasteiger partial charge in [-0.3, -0.25) is 4.79 Å². The van der Waals surface area contributed by atoms with Crippen molar-refractivity contribution in [2.45, 2.75) is 0 Å². The van der Waals surface area contributed by atoms with Crippen LogP contribution in [0.2, 0.25) is 5.02 Å².